The molecule has 1 aliphatic rings. The maximum Gasteiger partial charge on any atom is 0.220 e. The Hall–Kier alpha value is -3.36. The number of hydrogen-bond acceptors (Lipinski definition) is 5. The summed E-state index contributed by atoms with van der Waals surface area (Å²) in [6.45, 7) is 2.18. The summed E-state index contributed by atoms with van der Waals surface area (Å²) in [5.74, 6) is 0.436. The molecule has 0 spiro atoms. The minimum Gasteiger partial charge on any atom is -0.497 e. The molecule has 1 N–H and O–H groups in total. The average molecular weight is 508 g/mol. The topological polar surface area (TPSA) is 79.0 Å². The van der Waals surface area contributed by atoms with E-state index in [2.05, 4.69) is 10.2 Å². The Balaban J connectivity index is 1.27. The molecule has 3 aromatic carbocycles. The number of piperazine rings is 1. The molecule has 1 fully saturated rings. The Kier molecular flexibility index (Phi) is 8.61. The maximum absolute atomic E-state index is 12.9. The second kappa shape index (κ2) is 12.1. The van der Waals surface area contributed by atoms with Crippen molar-refractivity contribution in [1.82, 2.24) is 9.62 Å². The number of amides is 1. The first-order valence-electron chi connectivity index (χ1n) is 12.2. The van der Waals surface area contributed by atoms with E-state index in [9.17, 15) is 13.2 Å². The molecule has 0 radical (unpaired) electrons. The van der Waals surface area contributed by atoms with Gasteiger partial charge >= 0.3 is 0 Å². The van der Waals surface area contributed by atoms with Crippen molar-refractivity contribution in [1.29, 1.82) is 0 Å². The first-order valence-corrected chi connectivity index (χ1v) is 13.8. The molecule has 0 saturated carbocycles. The Labute approximate surface area is 213 Å². The van der Waals surface area contributed by atoms with Gasteiger partial charge in [-0.3, -0.25) is 4.79 Å². The van der Waals surface area contributed by atoms with E-state index in [0.717, 1.165) is 22.6 Å². The van der Waals surface area contributed by atoms with Gasteiger partial charge in [-0.1, -0.05) is 60.7 Å². The molecule has 0 aliphatic carbocycles. The molecule has 190 valence electrons. The third-order valence-corrected chi connectivity index (χ3v) is 8.42. The van der Waals surface area contributed by atoms with E-state index in [-0.39, 0.29) is 30.5 Å². The Morgan fingerprint density at radius 2 is 1.42 bits per heavy atom. The lowest BCUT2D eigenvalue weighted by Crippen LogP contribution is -2.50. The number of rotatable bonds is 10. The van der Waals surface area contributed by atoms with E-state index in [1.54, 1.807) is 7.11 Å². The molecule has 1 heterocycles. The number of hydrogen-bond donors (Lipinski definition) is 1. The van der Waals surface area contributed by atoms with Gasteiger partial charge in [-0.15, -0.1) is 0 Å². The number of benzene rings is 3. The summed E-state index contributed by atoms with van der Waals surface area (Å²) < 4.78 is 32.5. The standard InChI is InChI=1S/C28H33N3O4S/c1-35-26-14-12-25(13-15-26)30-17-19-31(20-18-30)36(33,34)21-16-29-28(32)22-27(23-8-4-2-5-9-23)24-10-6-3-7-11-24/h2-15,27H,16-22H2,1H3,(H,29,32). The molecular weight excluding hydrogens is 474 g/mol. The van der Waals surface area contributed by atoms with Crippen LogP contribution in [-0.2, 0) is 14.8 Å². The monoisotopic (exact) mass is 507 g/mol. The molecule has 0 unspecified atom stereocenters. The number of nitrogens with one attached hydrogen (secondary N) is 1. The highest BCUT2D eigenvalue weighted by Crippen LogP contribution is 2.27. The predicted octanol–water partition coefficient (Wildman–Crippen LogP) is 3.49. The third-order valence-electron chi connectivity index (χ3n) is 6.55. The Bertz CT molecular complexity index is 1170. The lowest BCUT2D eigenvalue weighted by atomic mass is 9.88. The quantitative estimate of drug-likeness (QED) is 0.455. The van der Waals surface area contributed by atoms with Crippen LogP contribution in [0.2, 0.25) is 0 Å². The minimum absolute atomic E-state index is 0.0879. The molecule has 1 amide bonds. The zero-order valence-electron chi connectivity index (χ0n) is 20.5. The maximum atomic E-state index is 12.9. The van der Waals surface area contributed by atoms with Gasteiger partial charge in [-0.05, 0) is 35.4 Å². The summed E-state index contributed by atoms with van der Waals surface area (Å²) in [6, 6.07) is 27.6. The van der Waals surface area contributed by atoms with Crippen LogP contribution in [0.1, 0.15) is 23.5 Å². The largest absolute Gasteiger partial charge is 0.497 e. The molecule has 36 heavy (non-hydrogen) atoms. The number of carbonyl (C=O) groups is 1. The van der Waals surface area contributed by atoms with Gasteiger partial charge in [-0.2, -0.15) is 4.31 Å². The van der Waals surface area contributed by atoms with Gasteiger partial charge in [0.05, 0.1) is 12.9 Å². The fourth-order valence-corrected chi connectivity index (χ4v) is 5.86. The van der Waals surface area contributed by atoms with Crippen LogP contribution in [0.25, 0.3) is 0 Å². The number of carbonyl (C=O) groups excluding carboxylic acids is 1. The summed E-state index contributed by atoms with van der Waals surface area (Å²) in [4.78, 5) is 14.9. The summed E-state index contributed by atoms with van der Waals surface area (Å²) in [7, 11) is -1.83. The fourth-order valence-electron chi connectivity index (χ4n) is 4.52. The van der Waals surface area contributed by atoms with Crippen LogP contribution in [0.4, 0.5) is 5.69 Å². The minimum atomic E-state index is -3.46. The normalized spacial score (nSPS) is 14.6. The van der Waals surface area contributed by atoms with E-state index in [4.69, 9.17) is 4.74 Å². The van der Waals surface area contributed by atoms with Crippen LogP contribution in [0.3, 0.4) is 0 Å². The smallest absolute Gasteiger partial charge is 0.220 e. The van der Waals surface area contributed by atoms with Crippen LogP contribution < -0.4 is 15.0 Å². The van der Waals surface area contributed by atoms with Crippen molar-refractivity contribution in [3.63, 3.8) is 0 Å². The van der Waals surface area contributed by atoms with Crippen LogP contribution in [-0.4, -0.2) is 64.2 Å². The number of methoxy groups -OCH3 is 1. The van der Waals surface area contributed by atoms with E-state index in [1.807, 2.05) is 84.9 Å². The van der Waals surface area contributed by atoms with E-state index < -0.39 is 10.0 Å². The van der Waals surface area contributed by atoms with Gasteiger partial charge in [-0.25, -0.2) is 8.42 Å². The van der Waals surface area contributed by atoms with Gasteiger partial charge < -0.3 is 15.0 Å². The summed E-state index contributed by atoms with van der Waals surface area (Å²) in [5.41, 5.74) is 3.16. The van der Waals surface area contributed by atoms with Crippen LogP contribution in [0.15, 0.2) is 84.9 Å². The van der Waals surface area contributed by atoms with E-state index in [0.29, 0.717) is 26.2 Å². The summed E-state index contributed by atoms with van der Waals surface area (Å²) in [5, 5.41) is 2.83. The van der Waals surface area contributed by atoms with Gasteiger partial charge in [0.2, 0.25) is 15.9 Å². The molecule has 1 aliphatic heterocycles. The molecule has 0 aromatic heterocycles. The summed E-state index contributed by atoms with van der Waals surface area (Å²) in [6.07, 6.45) is 0.259. The number of sulfonamides is 1. The Morgan fingerprint density at radius 1 is 0.861 bits per heavy atom. The van der Waals surface area contributed by atoms with Gasteiger partial charge in [0.1, 0.15) is 5.75 Å². The van der Waals surface area contributed by atoms with Crippen LogP contribution >= 0.6 is 0 Å². The lowest BCUT2D eigenvalue weighted by Gasteiger charge is -2.35. The average Bonchev–Trinajstić information content (AvgIpc) is 2.93. The highest BCUT2D eigenvalue weighted by Gasteiger charge is 2.27. The van der Waals surface area contributed by atoms with Crippen molar-refractivity contribution < 1.29 is 17.9 Å². The number of nitrogens with zero attached hydrogens (tertiary/aromatic N) is 2. The molecule has 8 heteroatoms. The van der Waals surface area contributed by atoms with E-state index >= 15 is 0 Å². The zero-order chi connectivity index (χ0) is 25.4. The van der Waals surface area contributed by atoms with Crippen molar-refractivity contribution in [2.75, 3.05) is 50.5 Å². The van der Waals surface area contributed by atoms with Crippen molar-refractivity contribution in [3.8, 4) is 5.75 Å². The third kappa shape index (κ3) is 6.65. The molecule has 4 rings (SSSR count). The van der Waals surface area contributed by atoms with Gasteiger partial charge in [0.25, 0.3) is 0 Å². The summed E-state index contributed by atoms with van der Waals surface area (Å²) >= 11 is 0. The molecule has 3 aromatic rings. The Morgan fingerprint density at radius 3 is 1.94 bits per heavy atom. The van der Waals surface area contributed by atoms with Gasteiger partial charge in [0, 0.05) is 50.7 Å². The molecule has 1 saturated heterocycles. The van der Waals surface area contributed by atoms with Crippen molar-refractivity contribution in [2.45, 2.75) is 12.3 Å². The fraction of sp³-hybridized carbons (Fsp3) is 0.321. The van der Waals surface area contributed by atoms with Crippen LogP contribution in [0.5, 0.6) is 5.75 Å². The first kappa shape index (κ1) is 25.7. The molecule has 0 bridgehead atoms. The molecule has 7 nitrogen and oxygen atoms in total. The highest BCUT2D eigenvalue weighted by atomic mass is 32.2. The highest BCUT2D eigenvalue weighted by molar-refractivity contribution is 7.89. The lowest BCUT2D eigenvalue weighted by molar-refractivity contribution is -0.121. The predicted molar refractivity (Wildman–Crippen MR) is 143 cm³/mol. The van der Waals surface area contributed by atoms with Crippen molar-refractivity contribution in [3.05, 3.63) is 96.1 Å². The number of anilines is 1. The molecule has 0 atom stereocenters. The first-order chi connectivity index (χ1) is 17.5. The van der Waals surface area contributed by atoms with Crippen molar-refractivity contribution in [2.24, 2.45) is 0 Å². The zero-order valence-corrected chi connectivity index (χ0v) is 21.4. The van der Waals surface area contributed by atoms with E-state index in [1.165, 1.54) is 4.31 Å². The van der Waals surface area contributed by atoms with Crippen molar-refractivity contribution >= 4 is 21.6 Å². The molecular formula is C28H33N3O4S. The SMILES string of the molecule is COc1ccc(N2CCN(S(=O)(=O)CCNC(=O)CC(c3ccccc3)c3ccccc3)CC2)cc1. The number of ether oxygens (including phenoxy) is 1. The second-order valence-electron chi connectivity index (χ2n) is 8.83. The van der Waals surface area contributed by atoms with Gasteiger partial charge in [0.15, 0.2) is 0 Å². The second-order valence-corrected chi connectivity index (χ2v) is 10.9. The van der Waals surface area contributed by atoms with Crippen LogP contribution in [0, 0.1) is 0 Å².